The molecule has 5 rings (SSSR count). The molecule has 0 aromatic heterocycles. The molecule has 0 heterocycles. The summed E-state index contributed by atoms with van der Waals surface area (Å²) < 4.78 is 5.35. The second-order valence-corrected chi connectivity index (χ2v) is 10.5. The number of rotatable bonds is 7. The molecule has 0 radical (unpaired) electrons. The van der Waals surface area contributed by atoms with Gasteiger partial charge in [-0.2, -0.15) is 0 Å². The van der Waals surface area contributed by atoms with Crippen molar-refractivity contribution < 1.29 is 4.74 Å². The maximum Gasteiger partial charge on any atom is 0.118 e. The summed E-state index contributed by atoms with van der Waals surface area (Å²) in [5, 5.41) is 4.02. The van der Waals surface area contributed by atoms with Crippen molar-refractivity contribution in [3.63, 3.8) is 0 Å². The molecule has 0 fully saturated rings. The van der Waals surface area contributed by atoms with Crippen LogP contribution in [0.3, 0.4) is 0 Å². The monoisotopic (exact) mass is 470 g/mol. The van der Waals surface area contributed by atoms with Crippen molar-refractivity contribution in [3.05, 3.63) is 151 Å². The Hall–Kier alpha value is -3.93. The first kappa shape index (κ1) is 22.8. The van der Waals surface area contributed by atoms with Crippen molar-refractivity contribution in [2.75, 3.05) is 7.11 Å². The Morgan fingerprint density at radius 2 is 1.09 bits per heavy atom. The Kier molecular flexibility index (Phi) is 6.89. The van der Waals surface area contributed by atoms with Crippen LogP contribution in [0.4, 0.5) is 0 Å². The van der Waals surface area contributed by atoms with Gasteiger partial charge in [-0.1, -0.05) is 128 Å². The Morgan fingerprint density at radius 3 is 1.69 bits per heavy atom. The van der Waals surface area contributed by atoms with Gasteiger partial charge in [-0.15, -0.1) is 0 Å². The molecule has 0 unspecified atom stereocenters. The molecule has 35 heavy (non-hydrogen) atoms. The molecule has 0 bridgehead atoms. The number of methoxy groups -OCH3 is 1. The Morgan fingerprint density at radius 1 is 0.571 bits per heavy atom. The van der Waals surface area contributed by atoms with Gasteiger partial charge in [-0.25, -0.2) is 0 Å². The first-order chi connectivity index (χ1) is 17.3. The molecule has 2 heteroatoms. The summed E-state index contributed by atoms with van der Waals surface area (Å²) >= 11 is 0. The summed E-state index contributed by atoms with van der Waals surface area (Å²) in [7, 11) is 0.959. The van der Waals surface area contributed by atoms with Crippen molar-refractivity contribution in [2.24, 2.45) is 0 Å². The Bertz CT molecular complexity index is 1380. The minimum Gasteiger partial charge on any atom is -0.497 e. The van der Waals surface area contributed by atoms with Crippen LogP contribution in [-0.2, 0) is 0 Å². The molecular weight excluding hydrogens is 443 g/mol. The maximum absolute atomic E-state index is 5.35. The van der Waals surface area contributed by atoms with Crippen molar-refractivity contribution in [2.45, 2.75) is 0 Å². The van der Waals surface area contributed by atoms with Gasteiger partial charge in [0.05, 0.1) is 7.11 Å². The summed E-state index contributed by atoms with van der Waals surface area (Å²) in [5.41, 5.74) is 5.67. The van der Waals surface area contributed by atoms with Gasteiger partial charge in [0.25, 0.3) is 0 Å². The third-order valence-corrected chi connectivity index (χ3v) is 8.66. The third-order valence-electron chi connectivity index (χ3n) is 6.15. The van der Waals surface area contributed by atoms with E-state index in [1.165, 1.54) is 27.0 Å². The van der Waals surface area contributed by atoms with Crippen molar-refractivity contribution >= 4 is 29.4 Å². The van der Waals surface area contributed by atoms with E-state index in [9.17, 15) is 0 Å². The van der Waals surface area contributed by atoms with Crippen LogP contribution in [0.25, 0.3) is 16.7 Å². The molecule has 0 N–H and O–H groups in total. The molecule has 1 nitrogen and oxygen atoms in total. The van der Waals surface area contributed by atoms with E-state index in [0.29, 0.717) is 0 Å². The van der Waals surface area contributed by atoms with Gasteiger partial charge in [-0.05, 0) is 63.8 Å². The highest BCUT2D eigenvalue weighted by molar-refractivity contribution is 7.80. The van der Waals surface area contributed by atoms with E-state index in [1.807, 2.05) is 12.1 Å². The zero-order chi connectivity index (χ0) is 24.0. The lowest BCUT2D eigenvalue weighted by Gasteiger charge is -2.23. The Labute approximate surface area is 209 Å². The van der Waals surface area contributed by atoms with Crippen LogP contribution in [0.2, 0.25) is 0 Å². The van der Waals surface area contributed by atoms with E-state index < -0.39 is 7.92 Å². The molecule has 170 valence electrons. The number of hydrogen-bond acceptors (Lipinski definition) is 1. The fourth-order valence-electron chi connectivity index (χ4n) is 4.41. The SMILES string of the molecule is C=C(c1ccc(OC)cc1)c1ccccc1-c1ccccc1P(c1ccccc1)c1ccccc1. The van der Waals surface area contributed by atoms with E-state index in [4.69, 9.17) is 4.74 Å². The number of ether oxygens (including phenoxy) is 1. The molecular formula is C33H27OP. The zero-order valence-corrected chi connectivity index (χ0v) is 20.7. The largest absolute Gasteiger partial charge is 0.497 e. The lowest BCUT2D eigenvalue weighted by molar-refractivity contribution is 0.415. The molecule has 0 spiro atoms. The summed E-state index contributed by atoms with van der Waals surface area (Å²) in [6.45, 7) is 4.49. The normalized spacial score (nSPS) is 10.8. The molecule has 0 saturated heterocycles. The lowest BCUT2D eigenvalue weighted by Crippen LogP contribution is -2.22. The first-order valence-electron chi connectivity index (χ1n) is 11.7. The van der Waals surface area contributed by atoms with E-state index in [-0.39, 0.29) is 0 Å². The molecule has 0 atom stereocenters. The van der Waals surface area contributed by atoms with Gasteiger partial charge in [0.2, 0.25) is 0 Å². The molecule has 0 saturated carbocycles. The fraction of sp³-hybridized carbons (Fsp3) is 0.0303. The first-order valence-corrected chi connectivity index (χ1v) is 13.0. The molecule has 0 aliphatic heterocycles. The topological polar surface area (TPSA) is 9.23 Å². The van der Waals surface area contributed by atoms with E-state index in [0.717, 1.165) is 22.4 Å². The van der Waals surface area contributed by atoms with Gasteiger partial charge in [-0.3, -0.25) is 0 Å². The number of hydrogen-bond donors (Lipinski definition) is 0. The summed E-state index contributed by atoms with van der Waals surface area (Å²) in [5.74, 6) is 0.844. The maximum atomic E-state index is 5.35. The van der Waals surface area contributed by atoms with Gasteiger partial charge >= 0.3 is 0 Å². The smallest absolute Gasteiger partial charge is 0.118 e. The molecule has 0 aliphatic carbocycles. The summed E-state index contributed by atoms with van der Waals surface area (Å²) in [4.78, 5) is 0. The number of benzene rings is 5. The Balaban J connectivity index is 1.66. The van der Waals surface area contributed by atoms with Crippen LogP contribution in [-0.4, -0.2) is 7.11 Å². The molecule has 5 aromatic carbocycles. The van der Waals surface area contributed by atoms with Gasteiger partial charge in [0, 0.05) is 0 Å². The van der Waals surface area contributed by atoms with Gasteiger partial charge in [0.15, 0.2) is 0 Å². The van der Waals surface area contributed by atoms with Gasteiger partial charge < -0.3 is 4.74 Å². The highest BCUT2D eigenvalue weighted by Gasteiger charge is 2.21. The van der Waals surface area contributed by atoms with Crippen LogP contribution in [0, 0.1) is 0 Å². The minimum atomic E-state index is -0.729. The van der Waals surface area contributed by atoms with Crippen LogP contribution in [0.15, 0.2) is 140 Å². The van der Waals surface area contributed by atoms with Crippen molar-refractivity contribution in [1.29, 1.82) is 0 Å². The highest BCUT2D eigenvalue weighted by Crippen LogP contribution is 2.39. The van der Waals surface area contributed by atoms with E-state index >= 15 is 0 Å². The second kappa shape index (κ2) is 10.6. The standard InChI is InChI=1S/C33H27OP/c1-25(26-21-23-27(34-2)24-22-26)30-17-9-10-18-31(30)32-19-11-12-20-33(32)35(28-13-5-3-6-14-28)29-15-7-4-8-16-29/h3-24H,1H2,2H3. The molecule has 0 aliphatic rings. The lowest BCUT2D eigenvalue weighted by atomic mass is 9.91. The molecule has 5 aromatic rings. The average molecular weight is 471 g/mol. The average Bonchev–Trinajstić information content (AvgIpc) is 2.94. The van der Waals surface area contributed by atoms with Crippen LogP contribution < -0.4 is 20.7 Å². The van der Waals surface area contributed by atoms with Crippen LogP contribution in [0.5, 0.6) is 5.75 Å². The minimum absolute atomic E-state index is 0.729. The zero-order valence-electron chi connectivity index (χ0n) is 19.8. The second-order valence-electron chi connectivity index (χ2n) is 8.28. The van der Waals surface area contributed by atoms with E-state index in [1.54, 1.807) is 7.11 Å². The predicted octanol–water partition coefficient (Wildman–Crippen LogP) is 7.18. The van der Waals surface area contributed by atoms with Gasteiger partial charge in [0.1, 0.15) is 5.75 Å². The summed E-state index contributed by atoms with van der Waals surface area (Å²) in [6, 6.07) is 47.2. The van der Waals surface area contributed by atoms with Crippen molar-refractivity contribution in [1.82, 2.24) is 0 Å². The fourth-order valence-corrected chi connectivity index (χ4v) is 6.87. The summed E-state index contributed by atoms with van der Waals surface area (Å²) in [6.07, 6.45) is 0. The van der Waals surface area contributed by atoms with Crippen molar-refractivity contribution in [3.8, 4) is 16.9 Å². The highest BCUT2D eigenvalue weighted by atomic mass is 31.1. The third kappa shape index (κ3) is 4.83. The molecule has 0 amide bonds. The van der Waals surface area contributed by atoms with Crippen LogP contribution in [0.1, 0.15) is 11.1 Å². The quantitative estimate of drug-likeness (QED) is 0.229. The van der Waals surface area contributed by atoms with E-state index in [2.05, 4.69) is 128 Å². The predicted molar refractivity (Wildman–Crippen MR) is 152 cm³/mol. The van der Waals surface area contributed by atoms with Crippen LogP contribution >= 0.6 is 7.92 Å².